The van der Waals surface area contributed by atoms with Crippen LogP contribution < -0.4 is 20.3 Å². The van der Waals surface area contributed by atoms with E-state index in [0.29, 0.717) is 42.5 Å². The minimum absolute atomic E-state index is 0.0995. The Morgan fingerprint density at radius 2 is 1.74 bits per heavy atom. The number of amides is 1. The number of carbonyl (C=O) groups excluding carboxylic acids is 1. The van der Waals surface area contributed by atoms with E-state index in [2.05, 4.69) is 33.0 Å². The van der Waals surface area contributed by atoms with Crippen molar-refractivity contribution in [3.05, 3.63) is 34.2 Å². The molecule has 1 aliphatic rings. The zero-order chi connectivity index (χ0) is 27.9. The smallest absolute Gasteiger partial charge is 0.407 e. The molecule has 7 nitrogen and oxygen atoms in total. The highest BCUT2D eigenvalue weighted by molar-refractivity contribution is 5.90. The molecule has 0 bridgehead atoms. The first-order valence-corrected chi connectivity index (χ1v) is 14.3. The lowest BCUT2D eigenvalue weighted by Crippen LogP contribution is -2.36. The third-order valence-corrected chi connectivity index (χ3v) is 6.69. The fourth-order valence-electron chi connectivity index (χ4n) is 4.87. The van der Waals surface area contributed by atoms with E-state index in [9.17, 15) is 9.59 Å². The van der Waals surface area contributed by atoms with Gasteiger partial charge in [0.25, 0.3) is 5.56 Å². The molecule has 212 valence electrons. The first-order chi connectivity index (χ1) is 17.9. The Labute approximate surface area is 228 Å². The summed E-state index contributed by atoms with van der Waals surface area (Å²) in [6.45, 7) is 15.7. The number of alkyl carbamates (subject to hydrolysis) is 1. The quantitative estimate of drug-likeness (QED) is 0.330. The second-order valence-electron chi connectivity index (χ2n) is 12.8. The first-order valence-electron chi connectivity index (χ1n) is 14.3. The molecule has 1 aromatic heterocycles. The minimum atomic E-state index is -0.621. The van der Waals surface area contributed by atoms with Crippen molar-refractivity contribution >= 4 is 16.9 Å². The lowest BCUT2D eigenvalue weighted by molar-refractivity contribution is 0.0521. The molecule has 3 rings (SSSR count). The van der Waals surface area contributed by atoms with Crippen molar-refractivity contribution < 1.29 is 19.0 Å². The third-order valence-electron chi connectivity index (χ3n) is 6.69. The highest BCUT2D eigenvalue weighted by Gasteiger charge is 2.24. The van der Waals surface area contributed by atoms with Crippen LogP contribution in [0, 0.1) is 11.3 Å². The first kappa shape index (κ1) is 29.9. The SMILES string of the molecule is CCCCOc1c(CNC(=O)OC(C)(C)C)n(CC(C)(C)C)c(=O)c2ccc(OCC3CCCCC3)cc12. The van der Waals surface area contributed by atoms with Crippen LogP contribution in [0.15, 0.2) is 23.0 Å². The van der Waals surface area contributed by atoms with Gasteiger partial charge in [-0.25, -0.2) is 4.79 Å². The van der Waals surface area contributed by atoms with Crippen LogP contribution in [0.25, 0.3) is 10.8 Å². The predicted octanol–water partition coefficient (Wildman–Crippen LogP) is 7.21. The molecule has 0 unspecified atom stereocenters. The van der Waals surface area contributed by atoms with Crippen molar-refractivity contribution in [1.82, 2.24) is 9.88 Å². The number of benzene rings is 1. The van der Waals surface area contributed by atoms with Crippen molar-refractivity contribution in [3.63, 3.8) is 0 Å². The number of pyridine rings is 1. The average molecular weight is 529 g/mol. The van der Waals surface area contributed by atoms with Crippen LogP contribution >= 0.6 is 0 Å². The van der Waals surface area contributed by atoms with Gasteiger partial charge >= 0.3 is 6.09 Å². The van der Waals surface area contributed by atoms with E-state index >= 15 is 0 Å². The Morgan fingerprint density at radius 1 is 1.03 bits per heavy atom. The monoisotopic (exact) mass is 528 g/mol. The molecule has 1 fully saturated rings. The standard InChI is InChI=1S/C31H48N2O5/c1-8-9-17-36-27-25-18-23(37-20-22-13-11-10-12-14-22)15-16-24(25)28(34)33(21-30(2,3)4)26(27)19-32-29(35)38-31(5,6)7/h15-16,18,22H,8-14,17,19-21H2,1-7H3,(H,32,35). The number of hydrogen-bond donors (Lipinski definition) is 1. The van der Waals surface area contributed by atoms with Gasteiger partial charge in [0.2, 0.25) is 0 Å². The minimum Gasteiger partial charge on any atom is -0.493 e. The average Bonchev–Trinajstić information content (AvgIpc) is 2.83. The van der Waals surface area contributed by atoms with Gasteiger partial charge in [-0.3, -0.25) is 4.79 Å². The van der Waals surface area contributed by atoms with Gasteiger partial charge in [-0.05, 0) is 69.6 Å². The van der Waals surface area contributed by atoms with Crippen molar-refractivity contribution in [2.45, 2.75) is 112 Å². The summed E-state index contributed by atoms with van der Waals surface area (Å²) >= 11 is 0. The number of aromatic nitrogens is 1. The number of rotatable bonds is 10. The molecule has 0 aliphatic heterocycles. The van der Waals surface area contributed by atoms with Crippen LogP contribution in [-0.4, -0.2) is 29.5 Å². The largest absolute Gasteiger partial charge is 0.493 e. The van der Waals surface area contributed by atoms with Gasteiger partial charge < -0.3 is 24.1 Å². The van der Waals surface area contributed by atoms with Crippen molar-refractivity contribution in [3.8, 4) is 11.5 Å². The summed E-state index contributed by atoms with van der Waals surface area (Å²) in [7, 11) is 0. The van der Waals surface area contributed by atoms with Crippen LogP contribution in [0.4, 0.5) is 4.79 Å². The fourth-order valence-corrected chi connectivity index (χ4v) is 4.87. The van der Waals surface area contributed by atoms with Gasteiger partial charge in [0.1, 0.15) is 17.1 Å². The van der Waals surface area contributed by atoms with Gasteiger partial charge in [0.05, 0.1) is 30.8 Å². The molecule has 0 spiro atoms. The number of fused-ring (bicyclic) bond motifs is 1. The zero-order valence-electron chi connectivity index (χ0n) is 24.6. The van der Waals surface area contributed by atoms with Gasteiger partial charge in [-0.1, -0.05) is 53.4 Å². The molecule has 38 heavy (non-hydrogen) atoms. The van der Waals surface area contributed by atoms with E-state index < -0.39 is 11.7 Å². The summed E-state index contributed by atoms with van der Waals surface area (Å²) in [6.07, 6.45) is 7.60. The highest BCUT2D eigenvalue weighted by Crippen LogP contribution is 2.33. The van der Waals surface area contributed by atoms with Crippen LogP contribution in [0.5, 0.6) is 11.5 Å². The molecule has 1 heterocycles. The second-order valence-corrected chi connectivity index (χ2v) is 12.8. The van der Waals surface area contributed by atoms with Crippen molar-refractivity contribution in [1.29, 1.82) is 0 Å². The maximum Gasteiger partial charge on any atom is 0.407 e. The summed E-state index contributed by atoms with van der Waals surface area (Å²) in [5.41, 5.74) is -0.243. The molecule has 1 amide bonds. The Balaban J connectivity index is 2.06. The Bertz CT molecular complexity index is 1130. The van der Waals surface area contributed by atoms with E-state index in [1.54, 1.807) is 4.57 Å². The number of nitrogens with one attached hydrogen (secondary N) is 1. The Hall–Kier alpha value is -2.70. The summed E-state index contributed by atoms with van der Waals surface area (Å²) in [6, 6.07) is 5.67. The number of hydrogen-bond acceptors (Lipinski definition) is 5. The number of carbonyl (C=O) groups is 1. The van der Waals surface area contributed by atoms with Crippen molar-refractivity contribution in [2.75, 3.05) is 13.2 Å². The van der Waals surface area contributed by atoms with Gasteiger partial charge in [0.15, 0.2) is 0 Å². The van der Waals surface area contributed by atoms with E-state index in [-0.39, 0.29) is 17.5 Å². The van der Waals surface area contributed by atoms with Gasteiger partial charge in [-0.2, -0.15) is 0 Å². The molecule has 1 saturated carbocycles. The van der Waals surface area contributed by atoms with E-state index in [1.807, 2.05) is 39.0 Å². The summed E-state index contributed by atoms with van der Waals surface area (Å²) in [5.74, 6) is 1.94. The van der Waals surface area contributed by atoms with Crippen LogP contribution in [-0.2, 0) is 17.8 Å². The molecular formula is C31H48N2O5. The van der Waals surface area contributed by atoms with E-state index in [0.717, 1.165) is 24.0 Å². The maximum atomic E-state index is 13.8. The molecule has 2 aromatic rings. The number of unbranched alkanes of at least 4 members (excludes halogenated alkanes) is 1. The summed E-state index contributed by atoms with van der Waals surface area (Å²) in [5, 5.41) is 4.17. The summed E-state index contributed by atoms with van der Waals surface area (Å²) in [4.78, 5) is 26.4. The topological polar surface area (TPSA) is 78.8 Å². The van der Waals surface area contributed by atoms with Crippen LogP contribution in [0.1, 0.15) is 99.1 Å². The van der Waals surface area contributed by atoms with Crippen molar-refractivity contribution in [2.24, 2.45) is 11.3 Å². The molecular weight excluding hydrogens is 480 g/mol. The predicted molar refractivity (Wildman–Crippen MR) is 153 cm³/mol. The molecule has 1 N–H and O–H groups in total. The van der Waals surface area contributed by atoms with Gasteiger partial charge in [-0.15, -0.1) is 0 Å². The molecule has 0 saturated heterocycles. The maximum absolute atomic E-state index is 13.8. The molecule has 1 aromatic carbocycles. The Kier molecular flexibility index (Phi) is 10.1. The highest BCUT2D eigenvalue weighted by atomic mass is 16.6. The Morgan fingerprint density at radius 3 is 2.37 bits per heavy atom. The van der Waals surface area contributed by atoms with E-state index in [4.69, 9.17) is 14.2 Å². The number of nitrogens with zero attached hydrogens (tertiary/aromatic N) is 1. The number of ether oxygens (including phenoxy) is 3. The molecule has 0 radical (unpaired) electrons. The second kappa shape index (κ2) is 12.9. The zero-order valence-corrected chi connectivity index (χ0v) is 24.6. The lowest BCUT2D eigenvalue weighted by atomic mass is 9.90. The molecule has 0 atom stereocenters. The normalized spacial score (nSPS) is 14.9. The lowest BCUT2D eigenvalue weighted by Gasteiger charge is -2.26. The van der Waals surface area contributed by atoms with Gasteiger partial charge in [0, 0.05) is 11.9 Å². The van der Waals surface area contributed by atoms with E-state index in [1.165, 1.54) is 32.1 Å². The molecule has 7 heteroatoms. The molecule has 1 aliphatic carbocycles. The van der Waals surface area contributed by atoms with Crippen LogP contribution in [0.3, 0.4) is 0 Å². The fraction of sp³-hybridized carbons (Fsp3) is 0.677. The summed E-state index contributed by atoms with van der Waals surface area (Å²) < 4.78 is 19.8. The third kappa shape index (κ3) is 8.67. The van der Waals surface area contributed by atoms with Crippen LogP contribution in [0.2, 0.25) is 0 Å².